The number of para-hydroxylation sites is 2. The van der Waals surface area contributed by atoms with Gasteiger partial charge in [-0.2, -0.15) is 0 Å². The monoisotopic (exact) mass is 646 g/mol. The number of hydrogen-bond acceptors (Lipinski definition) is 3. The second-order valence-electron chi connectivity index (χ2n) is 14.7. The van der Waals surface area contributed by atoms with E-state index >= 15 is 0 Å². The molecule has 48 heavy (non-hydrogen) atoms. The minimum atomic E-state index is -0.0957. The summed E-state index contributed by atoms with van der Waals surface area (Å²) in [4.78, 5) is 5.61. The van der Waals surface area contributed by atoms with Crippen molar-refractivity contribution in [3.05, 3.63) is 138 Å². The van der Waals surface area contributed by atoms with Crippen molar-refractivity contribution >= 4 is 83.5 Å². The Morgan fingerprint density at radius 3 is 2.44 bits per heavy atom. The van der Waals surface area contributed by atoms with Gasteiger partial charge in [0.15, 0.2) is 0 Å². The van der Waals surface area contributed by atoms with Crippen molar-refractivity contribution in [3.63, 3.8) is 0 Å². The molecule has 13 rings (SSSR count). The van der Waals surface area contributed by atoms with Gasteiger partial charge in [-0.1, -0.05) is 123 Å². The fourth-order valence-corrected chi connectivity index (χ4v) is 13.2. The molecule has 8 aromatic rings. The molecule has 2 nitrogen and oxygen atoms in total. The Hall–Kier alpha value is -4.71. The number of nitrogens with zero attached hydrogens (tertiary/aromatic N) is 2. The van der Waals surface area contributed by atoms with E-state index in [1.165, 1.54) is 103 Å². The molecule has 5 heteroatoms. The number of aromatic nitrogens is 1. The fourth-order valence-electron chi connectivity index (χ4n) is 10.5. The van der Waals surface area contributed by atoms with Crippen LogP contribution in [-0.2, 0) is 5.41 Å². The van der Waals surface area contributed by atoms with E-state index < -0.39 is 0 Å². The lowest BCUT2D eigenvalue weighted by Gasteiger charge is -2.41. The topological polar surface area (TPSA) is 8.17 Å². The molecule has 6 aromatic carbocycles. The molecule has 5 aliphatic rings. The molecule has 2 unspecified atom stereocenters. The smallest absolute Gasteiger partial charge is 0.333 e. The maximum atomic E-state index is 2.78. The Morgan fingerprint density at radius 2 is 1.48 bits per heavy atom. The first-order chi connectivity index (χ1) is 23.6. The van der Waals surface area contributed by atoms with Crippen LogP contribution in [0.3, 0.4) is 0 Å². The van der Waals surface area contributed by atoms with Gasteiger partial charge in [-0.15, -0.1) is 11.3 Å². The number of anilines is 2. The Balaban J connectivity index is 1.25. The third kappa shape index (κ3) is 2.61. The number of hydrogen-bond donors (Lipinski definition) is 0. The summed E-state index contributed by atoms with van der Waals surface area (Å²) in [6.07, 6.45) is 0. The van der Waals surface area contributed by atoms with Gasteiger partial charge < -0.3 is 9.38 Å². The van der Waals surface area contributed by atoms with Gasteiger partial charge in [0.1, 0.15) is 0 Å². The van der Waals surface area contributed by atoms with Crippen LogP contribution < -0.4 is 15.8 Å². The van der Waals surface area contributed by atoms with Gasteiger partial charge in [0, 0.05) is 59.5 Å². The first-order valence-corrected chi connectivity index (χ1v) is 18.7. The summed E-state index contributed by atoms with van der Waals surface area (Å²) in [6.45, 7) is 4.99. The molecular formula is C43H27BN2S2. The number of benzene rings is 6. The highest BCUT2D eigenvalue weighted by Crippen LogP contribution is 2.62. The number of fused-ring (bicyclic) bond motifs is 18. The van der Waals surface area contributed by atoms with E-state index in [4.69, 9.17) is 0 Å². The van der Waals surface area contributed by atoms with Crippen LogP contribution in [0.2, 0.25) is 0 Å². The van der Waals surface area contributed by atoms with Crippen LogP contribution >= 0.6 is 23.1 Å². The summed E-state index contributed by atoms with van der Waals surface area (Å²) >= 11 is 4.03. The van der Waals surface area contributed by atoms with E-state index in [1.807, 2.05) is 11.3 Å². The maximum absolute atomic E-state index is 2.78. The highest BCUT2D eigenvalue weighted by molar-refractivity contribution is 8.00. The standard InChI is InChI=1S/C43H27BN2S2/c1-43(2)28-17-6-3-11-22(28)36-29(43)21-31-38-37(36)27-15-9-14-25-35-24-13-5-8-20-33(24)48-42(35)46(39(25)27)44(38)30-18-10-16-26-34-23-12-4-7-19-32(23)47-41(34)45(31)40(26)30/h3-21,34,41H,1-2H3. The normalized spacial score (nSPS) is 19.5. The number of rotatable bonds is 0. The van der Waals surface area contributed by atoms with Gasteiger partial charge >= 0.3 is 6.85 Å². The molecule has 4 aliphatic heterocycles. The number of thioether (sulfide) groups is 1. The predicted molar refractivity (Wildman–Crippen MR) is 205 cm³/mol. The molecule has 0 saturated heterocycles. The minimum Gasteiger partial charge on any atom is -0.367 e. The van der Waals surface area contributed by atoms with Gasteiger partial charge in [-0.05, 0) is 68.1 Å². The van der Waals surface area contributed by atoms with Crippen molar-refractivity contribution in [3.8, 4) is 22.3 Å². The highest BCUT2D eigenvalue weighted by atomic mass is 32.2. The van der Waals surface area contributed by atoms with Crippen molar-refractivity contribution < 1.29 is 0 Å². The Labute approximate surface area is 286 Å². The largest absolute Gasteiger partial charge is 0.367 e. The molecule has 0 bridgehead atoms. The van der Waals surface area contributed by atoms with E-state index in [0.717, 1.165) is 0 Å². The van der Waals surface area contributed by atoms with E-state index in [0.29, 0.717) is 11.3 Å². The zero-order valence-electron chi connectivity index (χ0n) is 26.4. The van der Waals surface area contributed by atoms with Gasteiger partial charge in [0.05, 0.1) is 10.2 Å². The Morgan fingerprint density at radius 1 is 0.708 bits per heavy atom. The Kier molecular flexibility index (Phi) is 4.28. The van der Waals surface area contributed by atoms with Crippen molar-refractivity contribution in [1.82, 2.24) is 4.48 Å². The first-order valence-electron chi connectivity index (χ1n) is 17.0. The van der Waals surface area contributed by atoms with Crippen LogP contribution in [0.1, 0.15) is 42.0 Å². The summed E-state index contributed by atoms with van der Waals surface area (Å²) in [5.41, 5.74) is 18.7. The molecule has 1 aliphatic carbocycles. The summed E-state index contributed by atoms with van der Waals surface area (Å²) in [6, 6.07) is 44.4. The molecule has 0 spiro atoms. The van der Waals surface area contributed by atoms with E-state index in [9.17, 15) is 0 Å². The number of thiophene rings is 1. The van der Waals surface area contributed by atoms with E-state index in [-0.39, 0.29) is 12.3 Å². The lowest BCUT2D eigenvalue weighted by molar-refractivity contribution is 0.660. The van der Waals surface area contributed by atoms with Crippen molar-refractivity contribution in [2.45, 2.75) is 35.4 Å². The summed E-state index contributed by atoms with van der Waals surface area (Å²) < 4.78 is 4.13. The Bertz CT molecular complexity index is 2840. The van der Waals surface area contributed by atoms with Crippen LogP contribution in [0.15, 0.2) is 120 Å². The second-order valence-corrected chi connectivity index (χ2v) is 16.9. The lowest BCUT2D eigenvalue weighted by atomic mass is 9.44. The third-order valence-corrected chi connectivity index (χ3v) is 14.8. The third-order valence-electron chi connectivity index (χ3n) is 12.3. The average molecular weight is 647 g/mol. The highest BCUT2D eigenvalue weighted by Gasteiger charge is 2.54. The van der Waals surface area contributed by atoms with Crippen LogP contribution in [-0.4, -0.2) is 16.7 Å². The molecule has 2 aromatic heterocycles. The predicted octanol–water partition coefficient (Wildman–Crippen LogP) is 9.98. The van der Waals surface area contributed by atoms with Crippen molar-refractivity contribution in [2.24, 2.45) is 0 Å². The first kappa shape index (κ1) is 25.3. The van der Waals surface area contributed by atoms with Gasteiger partial charge in [0.2, 0.25) is 0 Å². The van der Waals surface area contributed by atoms with E-state index in [1.54, 1.807) is 0 Å². The van der Waals surface area contributed by atoms with Gasteiger partial charge in [-0.3, -0.25) is 0 Å². The maximum Gasteiger partial charge on any atom is 0.333 e. The quantitative estimate of drug-likeness (QED) is 0.152. The molecule has 224 valence electrons. The second kappa shape index (κ2) is 8.11. The SMILES string of the molecule is CC1(C)c2ccccc2-c2c1cc1c3c2-c2cccc4c5c6ccccc6sc5n(c24)B3c2cccc3c2N1C1Sc2ccccc2C31. The van der Waals surface area contributed by atoms with Gasteiger partial charge in [-0.25, -0.2) is 0 Å². The van der Waals surface area contributed by atoms with Crippen molar-refractivity contribution in [1.29, 1.82) is 0 Å². The molecule has 0 N–H and O–H groups in total. The summed E-state index contributed by atoms with van der Waals surface area (Å²) in [7, 11) is 0. The lowest BCUT2D eigenvalue weighted by Crippen LogP contribution is -2.57. The van der Waals surface area contributed by atoms with E-state index in [2.05, 4.69) is 150 Å². The zero-order valence-corrected chi connectivity index (χ0v) is 28.0. The molecular weight excluding hydrogens is 619 g/mol. The summed E-state index contributed by atoms with van der Waals surface area (Å²) in [5.74, 6) is 0.354. The molecule has 0 radical (unpaired) electrons. The minimum absolute atomic E-state index is 0.0957. The van der Waals surface area contributed by atoms with Crippen LogP contribution in [0.4, 0.5) is 11.4 Å². The summed E-state index contributed by atoms with van der Waals surface area (Å²) in [5, 5.41) is 4.47. The zero-order chi connectivity index (χ0) is 31.2. The molecule has 6 heterocycles. The average Bonchev–Trinajstić information content (AvgIpc) is 3.89. The van der Waals surface area contributed by atoms with Gasteiger partial charge in [0.25, 0.3) is 0 Å². The molecule has 0 saturated carbocycles. The van der Waals surface area contributed by atoms with Crippen LogP contribution in [0.5, 0.6) is 0 Å². The molecule has 2 atom stereocenters. The van der Waals surface area contributed by atoms with Crippen LogP contribution in [0, 0.1) is 0 Å². The van der Waals surface area contributed by atoms with Crippen molar-refractivity contribution in [2.75, 3.05) is 4.90 Å². The molecule has 0 fully saturated rings. The molecule has 0 amide bonds. The van der Waals surface area contributed by atoms with Crippen LogP contribution in [0.25, 0.3) is 53.5 Å². The fraction of sp³-hybridized carbons (Fsp3) is 0.116.